The fourth-order valence-corrected chi connectivity index (χ4v) is 2.70. The largest absolute Gasteiger partial charge is 0.461 e. The zero-order valence-electron chi connectivity index (χ0n) is 10.2. The summed E-state index contributed by atoms with van der Waals surface area (Å²) in [7, 11) is 0. The Balaban J connectivity index is 0.00000147. The third-order valence-corrected chi connectivity index (χ3v) is 3.64. The number of esters is 1. The molecule has 0 saturated heterocycles. The van der Waals surface area contributed by atoms with Crippen LogP contribution >= 0.6 is 11.3 Å². The number of pyridine rings is 1. The van der Waals surface area contributed by atoms with Gasteiger partial charge in [0.05, 0.1) is 11.3 Å². The van der Waals surface area contributed by atoms with E-state index in [1.54, 1.807) is 25.4 Å². The van der Waals surface area contributed by atoms with Gasteiger partial charge in [0, 0.05) is 18.0 Å². The number of aromatic nitrogens is 3. The van der Waals surface area contributed by atoms with Crippen LogP contribution in [-0.2, 0) is 4.74 Å². The summed E-state index contributed by atoms with van der Waals surface area (Å²) in [5.41, 5.74) is 2.11. The molecular formula is C14H15N3O2S. The topological polar surface area (TPSA) is 67.9 Å². The van der Waals surface area contributed by atoms with Gasteiger partial charge in [-0.2, -0.15) is 0 Å². The van der Waals surface area contributed by atoms with Crippen molar-refractivity contribution in [3.63, 3.8) is 0 Å². The summed E-state index contributed by atoms with van der Waals surface area (Å²) in [5.74, 6) is -0.351. The average Bonchev–Trinajstić information content (AvgIpc) is 2.98. The molecule has 104 valence electrons. The molecule has 0 aromatic carbocycles. The molecule has 0 radical (unpaired) electrons. The van der Waals surface area contributed by atoms with Crippen LogP contribution in [0.25, 0.3) is 20.9 Å². The number of ether oxygens (including phenoxy) is 1. The van der Waals surface area contributed by atoms with Crippen molar-refractivity contribution in [1.29, 1.82) is 0 Å². The Morgan fingerprint density at radius 1 is 1.50 bits per heavy atom. The molecule has 5 nitrogen and oxygen atoms in total. The van der Waals surface area contributed by atoms with Gasteiger partial charge in [0.2, 0.25) is 0 Å². The first kappa shape index (κ1) is 14.2. The number of rotatable bonds is 3. The van der Waals surface area contributed by atoms with Gasteiger partial charge in [-0.25, -0.2) is 9.78 Å². The van der Waals surface area contributed by atoms with Crippen LogP contribution in [0.15, 0.2) is 30.6 Å². The number of aromatic amines is 1. The maximum absolute atomic E-state index is 11.6. The molecule has 0 fully saturated rings. The third kappa shape index (κ3) is 2.55. The normalized spacial score (nSPS) is 10.2. The van der Waals surface area contributed by atoms with Crippen molar-refractivity contribution >= 4 is 27.7 Å². The highest BCUT2D eigenvalue weighted by Gasteiger charge is 2.14. The minimum Gasteiger partial charge on any atom is -0.461 e. The lowest BCUT2D eigenvalue weighted by Gasteiger charge is -1.97. The summed E-state index contributed by atoms with van der Waals surface area (Å²) < 4.78 is 5.87. The highest BCUT2D eigenvalue weighted by atomic mass is 32.1. The Hall–Kier alpha value is -2.21. The van der Waals surface area contributed by atoms with Crippen molar-refractivity contribution < 1.29 is 9.53 Å². The number of fused-ring (bicyclic) bond motifs is 1. The van der Waals surface area contributed by atoms with Gasteiger partial charge in [-0.3, -0.25) is 4.98 Å². The minimum atomic E-state index is -0.351. The molecule has 0 amide bonds. The molecule has 0 saturated carbocycles. The maximum atomic E-state index is 11.6. The van der Waals surface area contributed by atoms with Crippen molar-refractivity contribution in [3.05, 3.63) is 36.3 Å². The van der Waals surface area contributed by atoms with Gasteiger partial charge in [0.25, 0.3) is 0 Å². The van der Waals surface area contributed by atoms with E-state index in [0.717, 1.165) is 15.3 Å². The Morgan fingerprint density at radius 3 is 3.00 bits per heavy atom. The first-order chi connectivity index (χ1) is 9.28. The van der Waals surface area contributed by atoms with Gasteiger partial charge in [-0.15, -0.1) is 11.3 Å². The van der Waals surface area contributed by atoms with Crippen molar-refractivity contribution in [1.82, 2.24) is 15.0 Å². The SMILES string of the molecule is C.CCOC(=O)c1cc2sc(-c3cccnc3)nc2[nH]1. The third-order valence-electron chi connectivity index (χ3n) is 2.59. The molecule has 3 aromatic rings. The molecule has 20 heavy (non-hydrogen) atoms. The smallest absolute Gasteiger partial charge is 0.354 e. The predicted octanol–water partition coefficient (Wildman–Crippen LogP) is 3.50. The second-order valence-corrected chi connectivity index (χ2v) is 4.91. The summed E-state index contributed by atoms with van der Waals surface area (Å²) in [6.45, 7) is 2.14. The van der Waals surface area contributed by atoms with E-state index in [9.17, 15) is 4.79 Å². The second-order valence-electron chi connectivity index (χ2n) is 3.88. The highest BCUT2D eigenvalue weighted by Crippen LogP contribution is 2.30. The Kier molecular flexibility index (Phi) is 4.14. The second kappa shape index (κ2) is 5.83. The zero-order chi connectivity index (χ0) is 13.2. The number of nitrogens with one attached hydrogen (secondary N) is 1. The van der Waals surface area contributed by atoms with Crippen molar-refractivity contribution in [3.8, 4) is 10.6 Å². The van der Waals surface area contributed by atoms with Crippen LogP contribution < -0.4 is 0 Å². The van der Waals surface area contributed by atoms with Crippen LogP contribution in [0.3, 0.4) is 0 Å². The molecule has 3 heterocycles. The summed E-state index contributed by atoms with van der Waals surface area (Å²) in [5, 5.41) is 0.879. The van der Waals surface area contributed by atoms with Gasteiger partial charge in [0.15, 0.2) is 0 Å². The predicted molar refractivity (Wildman–Crippen MR) is 79.9 cm³/mol. The van der Waals surface area contributed by atoms with E-state index in [4.69, 9.17) is 4.74 Å². The molecule has 0 aliphatic rings. The lowest BCUT2D eigenvalue weighted by Crippen LogP contribution is -2.04. The van der Waals surface area contributed by atoms with E-state index in [1.807, 2.05) is 12.1 Å². The van der Waals surface area contributed by atoms with E-state index in [2.05, 4.69) is 15.0 Å². The molecule has 0 unspecified atom stereocenters. The molecule has 0 aliphatic heterocycles. The number of carbonyl (C=O) groups is 1. The van der Waals surface area contributed by atoms with Crippen molar-refractivity contribution in [2.75, 3.05) is 6.61 Å². The van der Waals surface area contributed by atoms with Crippen LogP contribution in [0.5, 0.6) is 0 Å². The minimum absolute atomic E-state index is 0. The van der Waals surface area contributed by atoms with Crippen LogP contribution in [0, 0.1) is 0 Å². The molecule has 0 atom stereocenters. The number of hydrogen-bond donors (Lipinski definition) is 1. The molecule has 1 N–H and O–H groups in total. The highest BCUT2D eigenvalue weighted by molar-refractivity contribution is 7.21. The van der Waals surface area contributed by atoms with E-state index < -0.39 is 0 Å². The van der Waals surface area contributed by atoms with E-state index in [1.165, 1.54) is 11.3 Å². The molecule has 3 aromatic heterocycles. The van der Waals surface area contributed by atoms with E-state index in [0.29, 0.717) is 17.9 Å². The quantitative estimate of drug-likeness (QED) is 0.749. The van der Waals surface area contributed by atoms with Gasteiger partial charge in [-0.05, 0) is 25.1 Å². The Labute approximate surface area is 120 Å². The van der Waals surface area contributed by atoms with Crippen LogP contribution in [0.1, 0.15) is 24.8 Å². The Morgan fingerprint density at radius 2 is 2.35 bits per heavy atom. The summed E-state index contributed by atoms with van der Waals surface area (Å²) in [4.78, 5) is 23.1. The van der Waals surface area contributed by atoms with Crippen LogP contribution in [0.4, 0.5) is 0 Å². The van der Waals surface area contributed by atoms with Gasteiger partial charge in [-0.1, -0.05) is 7.43 Å². The first-order valence-corrected chi connectivity index (χ1v) is 6.66. The van der Waals surface area contributed by atoms with Crippen molar-refractivity contribution in [2.24, 2.45) is 0 Å². The molecular weight excluding hydrogens is 274 g/mol. The average molecular weight is 289 g/mol. The number of nitrogens with zero attached hydrogens (tertiary/aromatic N) is 2. The summed E-state index contributed by atoms with van der Waals surface area (Å²) in [6, 6.07) is 5.59. The molecule has 0 spiro atoms. The molecule has 0 aliphatic carbocycles. The van der Waals surface area contributed by atoms with E-state index >= 15 is 0 Å². The van der Waals surface area contributed by atoms with E-state index in [-0.39, 0.29) is 13.4 Å². The zero-order valence-corrected chi connectivity index (χ0v) is 11.0. The number of carbonyl (C=O) groups excluding carboxylic acids is 1. The first-order valence-electron chi connectivity index (χ1n) is 5.85. The monoisotopic (exact) mass is 289 g/mol. The number of thiazole rings is 1. The van der Waals surface area contributed by atoms with Crippen LogP contribution in [0.2, 0.25) is 0 Å². The Bertz CT molecular complexity index is 687. The molecule has 3 rings (SSSR count). The summed E-state index contributed by atoms with van der Waals surface area (Å²) in [6.07, 6.45) is 3.49. The summed E-state index contributed by atoms with van der Waals surface area (Å²) >= 11 is 1.52. The fraction of sp³-hybridized carbons (Fsp3) is 0.214. The lowest BCUT2D eigenvalue weighted by molar-refractivity contribution is 0.0520. The fourth-order valence-electron chi connectivity index (χ4n) is 1.75. The molecule has 0 bridgehead atoms. The standard InChI is InChI=1S/C13H11N3O2S.CH4/c1-2-18-13(17)9-6-10-11(15-9)16-12(19-10)8-4-3-5-14-7-8;/h3-7,15H,2H2,1H3;1H4. The molecule has 6 heteroatoms. The van der Waals surface area contributed by atoms with Gasteiger partial charge < -0.3 is 9.72 Å². The maximum Gasteiger partial charge on any atom is 0.354 e. The number of hydrogen-bond acceptors (Lipinski definition) is 5. The lowest BCUT2D eigenvalue weighted by atomic mass is 10.3. The van der Waals surface area contributed by atoms with Crippen molar-refractivity contribution in [2.45, 2.75) is 14.4 Å². The van der Waals surface area contributed by atoms with Crippen LogP contribution in [-0.4, -0.2) is 27.5 Å². The van der Waals surface area contributed by atoms with Gasteiger partial charge >= 0.3 is 5.97 Å². The van der Waals surface area contributed by atoms with Gasteiger partial charge in [0.1, 0.15) is 16.3 Å². The number of H-pyrrole nitrogens is 1.